The summed E-state index contributed by atoms with van der Waals surface area (Å²) >= 11 is 0. The maximum atomic E-state index is 13.5. The molecule has 27 heavy (non-hydrogen) atoms. The van der Waals surface area contributed by atoms with Crippen LogP contribution in [0.15, 0.2) is 60.7 Å². The molecule has 0 saturated heterocycles. The van der Waals surface area contributed by atoms with E-state index in [1.807, 2.05) is 24.3 Å². The van der Waals surface area contributed by atoms with E-state index < -0.39 is 11.7 Å². The fourth-order valence-electron chi connectivity index (χ4n) is 2.98. The smallest absolute Gasteiger partial charge is 0.418 e. The number of hydrogen-bond acceptors (Lipinski definition) is 2. The number of phenols is 1. The average molecular weight is 370 g/mol. The van der Waals surface area contributed by atoms with Gasteiger partial charge in [-0.15, -0.1) is 0 Å². The summed E-state index contributed by atoms with van der Waals surface area (Å²) < 4.78 is 40.5. The lowest BCUT2D eigenvalue weighted by Crippen LogP contribution is -2.10. The number of alkyl halides is 3. The van der Waals surface area contributed by atoms with Gasteiger partial charge in [0.25, 0.3) is 0 Å². The fraction of sp³-hybridized carbons (Fsp3) is 0.182. The summed E-state index contributed by atoms with van der Waals surface area (Å²) in [5.74, 6) is 0.186. The molecular formula is C22H19F3NO. The van der Waals surface area contributed by atoms with Gasteiger partial charge in [-0.2, -0.15) is 13.2 Å². The monoisotopic (exact) mass is 370 g/mol. The molecule has 5 heteroatoms. The molecule has 0 atom stereocenters. The molecule has 0 saturated carbocycles. The van der Waals surface area contributed by atoms with E-state index in [4.69, 9.17) is 0 Å². The minimum Gasteiger partial charge on any atom is -0.508 e. The molecule has 1 aromatic heterocycles. The van der Waals surface area contributed by atoms with Gasteiger partial charge in [-0.1, -0.05) is 43.3 Å². The number of benzene rings is 2. The lowest BCUT2D eigenvalue weighted by molar-refractivity contribution is -0.137. The fourth-order valence-corrected chi connectivity index (χ4v) is 2.98. The van der Waals surface area contributed by atoms with Gasteiger partial charge < -0.3 is 5.11 Å². The first-order valence-electron chi connectivity index (χ1n) is 8.62. The molecule has 3 aromatic rings. The Bertz CT molecular complexity index is 918. The first kappa shape index (κ1) is 19.0. The summed E-state index contributed by atoms with van der Waals surface area (Å²) in [6.07, 6.45) is -1.57. The van der Waals surface area contributed by atoms with E-state index in [0.29, 0.717) is 24.1 Å². The molecule has 139 valence electrons. The molecule has 3 rings (SSSR count). The van der Waals surface area contributed by atoms with E-state index in [-0.39, 0.29) is 11.4 Å². The number of aromatic nitrogens is 1. The number of aromatic hydroxyl groups is 1. The normalized spacial score (nSPS) is 11.6. The zero-order valence-electron chi connectivity index (χ0n) is 14.8. The molecule has 2 aromatic carbocycles. The van der Waals surface area contributed by atoms with E-state index >= 15 is 0 Å². The van der Waals surface area contributed by atoms with Gasteiger partial charge in [0.2, 0.25) is 0 Å². The maximum absolute atomic E-state index is 13.5. The van der Waals surface area contributed by atoms with Crippen LogP contribution in [0.1, 0.15) is 29.3 Å². The van der Waals surface area contributed by atoms with Crippen LogP contribution < -0.4 is 0 Å². The minimum atomic E-state index is -4.47. The van der Waals surface area contributed by atoms with E-state index in [0.717, 1.165) is 17.2 Å². The van der Waals surface area contributed by atoms with Crippen molar-refractivity contribution in [3.05, 3.63) is 89.5 Å². The Kier molecular flexibility index (Phi) is 5.49. The van der Waals surface area contributed by atoms with Gasteiger partial charge in [-0.3, -0.25) is 4.98 Å². The Morgan fingerprint density at radius 3 is 2.30 bits per heavy atom. The lowest BCUT2D eigenvalue weighted by atomic mass is 9.95. The molecule has 0 aliphatic carbocycles. The lowest BCUT2D eigenvalue weighted by Gasteiger charge is -2.16. The highest BCUT2D eigenvalue weighted by Crippen LogP contribution is 2.37. The average Bonchev–Trinajstić information content (AvgIpc) is 2.66. The zero-order chi connectivity index (χ0) is 19.4. The second kappa shape index (κ2) is 7.82. The molecule has 2 nitrogen and oxygen atoms in total. The van der Waals surface area contributed by atoms with Crippen LogP contribution >= 0.6 is 0 Å². The number of hydrogen-bond donors (Lipinski definition) is 1. The predicted octanol–water partition coefficient (Wildman–Crippen LogP) is 5.83. The van der Waals surface area contributed by atoms with E-state index in [1.54, 1.807) is 37.6 Å². The van der Waals surface area contributed by atoms with Crippen LogP contribution in [0.4, 0.5) is 13.2 Å². The van der Waals surface area contributed by atoms with Crippen molar-refractivity contribution in [1.82, 2.24) is 4.98 Å². The summed E-state index contributed by atoms with van der Waals surface area (Å²) in [6.45, 7) is 1.75. The highest BCUT2D eigenvalue weighted by molar-refractivity contribution is 5.68. The van der Waals surface area contributed by atoms with Crippen LogP contribution in [-0.2, 0) is 19.0 Å². The third kappa shape index (κ3) is 4.48. The highest BCUT2D eigenvalue weighted by Gasteiger charge is 2.35. The number of halogens is 3. The van der Waals surface area contributed by atoms with Gasteiger partial charge in [0.05, 0.1) is 11.3 Å². The van der Waals surface area contributed by atoms with Crippen molar-refractivity contribution in [1.29, 1.82) is 0 Å². The molecule has 0 spiro atoms. The summed E-state index contributed by atoms with van der Waals surface area (Å²) in [4.78, 5) is 4.25. The molecular weight excluding hydrogens is 351 g/mol. The second-order valence-electron chi connectivity index (χ2n) is 6.24. The summed E-state index contributed by atoms with van der Waals surface area (Å²) in [7, 11) is 0. The molecule has 0 aliphatic rings. The number of nitrogens with zero attached hydrogens (tertiary/aromatic N) is 1. The van der Waals surface area contributed by atoms with E-state index in [2.05, 4.69) is 4.98 Å². The third-order valence-corrected chi connectivity index (χ3v) is 4.41. The number of rotatable bonds is 5. The van der Waals surface area contributed by atoms with E-state index in [9.17, 15) is 18.3 Å². The van der Waals surface area contributed by atoms with Crippen molar-refractivity contribution < 1.29 is 18.3 Å². The zero-order valence-corrected chi connectivity index (χ0v) is 14.8. The Balaban J connectivity index is 1.99. The predicted molar refractivity (Wildman–Crippen MR) is 99.3 cm³/mol. The molecule has 1 heterocycles. The molecule has 0 bridgehead atoms. The third-order valence-electron chi connectivity index (χ3n) is 4.41. The number of phenolic OH excluding ortho intramolecular Hbond substituents is 1. The first-order valence-corrected chi connectivity index (χ1v) is 8.62. The van der Waals surface area contributed by atoms with Crippen molar-refractivity contribution in [2.75, 3.05) is 0 Å². The maximum Gasteiger partial charge on any atom is 0.418 e. The molecule has 1 N–H and O–H groups in total. The molecule has 0 fully saturated rings. The summed E-state index contributed by atoms with van der Waals surface area (Å²) in [6, 6.07) is 16.4. The van der Waals surface area contributed by atoms with Crippen molar-refractivity contribution >= 4 is 0 Å². The molecule has 0 amide bonds. The van der Waals surface area contributed by atoms with Crippen LogP contribution in [-0.4, -0.2) is 10.1 Å². The highest BCUT2D eigenvalue weighted by atomic mass is 19.4. The summed E-state index contributed by atoms with van der Waals surface area (Å²) in [5.41, 5.74) is 2.03. The quantitative estimate of drug-likeness (QED) is 0.613. The largest absolute Gasteiger partial charge is 0.508 e. The van der Waals surface area contributed by atoms with Crippen molar-refractivity contribution in [2.45, 2.75) is 25.9 Å². The summed E-state index contributed by atoms with van der Waals surface area (Å²) in [5, 5.41) is 9.37. The van der Waals surface area contributed by atoms with Crippen LogP contribution in [0.25, 0.3) is 11.3 Å². The van der Waals surface area contributed by atoms with Crippen molar-refractivity contribution in [2.24, 2.45) is 0 Å². The second-order valence-corrected chi connectivity index (χ2v) is 6.24. The van der Waals surface area contributed by atoms with Gasteiger partial charge in [-0.05, 0) is 48.2 Å². The van der Waals surface area contributed by atoms with Crippen molar-refractivity contribution in [3.63, 3.8) is 0 Å². The molecule has 0 aliphatic heterocycles. The number of aryl methyl sites for hydroxylation is 2. The van der Waals surface area contributed by atoms with Gasteiger partial charge in [0, 0.05) is 17.7 Å². The van der Waals surface area contributed by atoms with Gasteiger partial charge in [-0.25, -0.2) is 0 Å². The van der Waals surface area contributed by atoms with Crippen molar-refractivity contribution in [3.8, 4) is 17.0 Å². The van der Waals surface area contributed by atoms with Crippen LogP contribution in [0.2, 0.25) is 0 Å². The van der Waals surface area contributed by atoms with Gasteiger partial charge in [0.15, 0.2) is 0 Å². The Labute approximate surface area is 156 Å². The van der Waals surface area contributed by atoms with Crippen LogP contribution in [0.3, 0.4) is 0 Å². The SMILES string of the molecule is C[CH]c1ccc(C(F)(F)F)c(-c2ccccc2CCc2ccc(O)cc2)n1. The van der Waals surface area contributed by atoms with Gasteiger partial charge >= 0.3 is 6.18 Å². The van der Waals surface area contributed by atoms with Crippen LogP contribution in [0.5, 0.6) is 5.75 Å². The van der Waals surface area contributed by atoms with Gasteiger partial charge in [0.1, 0.15) is 5.75 Å². The topological polar surface area (TPSA) is 33.1 Å². The standard InChI is InChI=1S/C22H19F3NO/c1-2-17-11-14-20(22(23,24)25)21(26-17)19-6-4-3-5-16(19)10-7-15-8-12-18(27)13-9-15/h2-6,8-9,11-14,27H,7,10H2,1H3. The minimum absolute atomic E-state index is 0.0422. The number of pyridine rings is 1. The molecule has 1 radical (unpaired) electrons. The first-order chi connectivity index (χ1) is 12.9. The molecule has 0 unspecified atom stereocenters. The Hall–Kier alpha value is -2.82. The van der Waals surface area contributed by atoms with Crippen LogP contribution in [0, 0.1) is 6.42 Å². The Morgan fingerprint density at radius 2 is 1.63 bits per heavy atom. The Morgan fingerprint density at radius 1 is 0.926 bits per heavy atom. The van der Waals surface area contributed by atoms with E-state index in [1.165, 1.54) is 6.07 Å².